The van der Waals surface area contributed by atoms with Crippen molar-refractivity contribution in [1.82, 2.24) is 0 Å². The Morgan fingerprint density at radius 1 is 1.38 bits per heavy atom. The summed E-state index contributed by atoms with van der Waals surface area (Å²) in [5.74, 6) is 0.272. The van der Waals surface area contributed by atoms with Crippen LogP contribution in [0.3, 0.4) is 0 Å². The van der Waals surface area contributed by atoms with Gasteiger partial charge >= 0.3 is 0 Å². The van der Waals surface area contributed by atoms with Crippen molar-refractivity contribution >= 4 is 17.5 Å². The molecular formula is C11H18OS. The Morgan fingerprint density at radius 2 is 1.92 bits per heavy atom. The highest BCUT2D eigenvalue weighted by Gasteiger charge is 2.32. The maximum Gasteiger partial charge on any atom is 0.157 e. The molecule has 0 N–H and O–H groups in total. The van der Waals surface area contributed by atoms with Gasteiger partial charge in [-0.25, -0.2) is 0 Å². The molecule has 0 saturated heterocycles. The van der Waals surface area contributed by atoms with Gasteiger partial charge in [-0.3, -0.25) is 4.79 Å². The van der Waals surface area contributed by atoms with E-state index in [4.69, 9.17) is 0 Å². The number of thioether (sulfide) groups is 1. The van der Waals surface area contributed by atoms with Crippen LogP contribution >= 0.6 is 11.8 Å². The summed E-state index contributed by atoms with van der Waals surface area (Å²) in [4.78, 5) is 12.7. The minimum Gasteiger partial charge on any atom is -0.295 e. The van der Waals surface area contributed by atoms with Crippen LogP contribution in [0.5, 0.6) is 0 Å². The average molecular weight is 198 g/mol. The fourth-order valence-electron chi connectivity index (χ4n) is 1.35. The van der Waals surface area contributed by atoms with Gasteiger partial charge in [0.2, 0.25) is 0 Å². The maximum atomic E-state index is 11.4. The monoisotopic (exact) mass is 198 g/mol. The first-order chi connectivity index (χ1) is 5.71. The Hall–Kier alpha value is -0.240. The Labute approximate surface area is 85.0 Å². The van der Waals surface area contributed by atoms with Crippen LogP contribution in [0.4, 0.5) is 0 Å². The second kappa shape index (κ2) is 3.16. The first-order valence-electron chi connectivity index (χ1n) is 4.65. The third kappa shape index (κ3) is 2.87. The second-order valence-electron chi connectivity index (χ2n) is 5.26. The SMILES string of the molecule is CC1(C)CC(=O)C=C(C(C)(C)C)S1. The summed E-state index contributed by atoms with van der Waals surface area (Å²) in [6, 6.07) is 0. The molecule has 0 aromatic heterocycles. The van der Waals surface area contributed by atoms with E-state index >= 15 is 0 Å². The van der Waals surface area contributed by atoms with Crippen LogP contribution in [0.1, 0.15) is 41.0 Å². The Bertz CT molecular complexity index is 256. The van der Waals surface area contributed by atoms with Crippen LogP contribution in [0, 0.1) is 5.41 Å². The van der Waals surface area contributed by atoms with Gasteiger partial charge in [0.25, 0.3) is 0 Å². The molecule has 0 aromatic rings. The molecule has 1 heterocycles. The van der Waals surface area contributed by atoms with Gasteiger partial charge in [-0.05, 0) is 30.2 Å². The molecule has 1 rings (SSSR count). The van der Waals surface area contributed by atoms with Crippen molar-refractivity contribution in [3.8, 4) is 0 Å². The minimum absolute atomic E-state index is 0.0778. The van der Waals surface area contributed by atoms with E-state index in [1.807, 2.05) is 17.8 Å². The largest absolute Gasteiger partial charge is 0.295 e. The topological polar surface area (TPSA) is 17.1 Å². The smallest absolute Gasteiger partial charge is 0.157 e. The first kappa shape index (κ1) is 10.8. The number of carbonyl (C=O) groups is 1. The number of hydrogen-bond acceptors (Lipinski definition) is 2. The van der Waals surface area contributed by atoms with Gasteiger partial charge in [-0.1, -0.05) is 20.8 Å². The molecule has 0 unspecified atom stereocenters. The van der Waals surface area contributed by atoms with Crippen molar-refractivity contribution in [2.75, 3.05) is 0 Å². The molecule has 0 fully saturated rings. The number of allylic oxidation sites excluding steroid dienone is 2. The molecule has 0 spiro atoms. The zero-order valence-electron chi connectivity index (χ0n) is 9.10. The molecular weight excluding hydrogens is 180 g/mol. The summed E-state index contributed by atoms with van der Waals surface area (Å²) in [5.41, 5.74) is 0.109. The summed E-state index contributed by atoms with van der Waals surface area (Å²) < 4.78 is 0.0778. The molecule has 0 atom stereocenters. The van der Waals surface area contributed by atoms with Crippen molar-refractivity contribution in [2.45, 2.75) is 45.8 Å². The molecule has 1 aliphatic rings. The molecule has 0 saturated carbocycles. The lowest BCUT2D eigenvalue weighted by atomic mass is 9.93. The predicted molar refractivity (Wildman–Crippen MR) is 58.8 cm³/mol. The van der Waals surface area contributed by atoms with Crippen LogP contribution in [0.25, 0.3) is 0 Å². The molecule has 0 radical (unpaired) electrons. The molecule has 0 amide bonds. The van der Waals surface area contributed by atoms with Crippen molar-refractivity contribution in [3.05, 3.63) is 11.0 Å². The van der Waals surface area contributed by atoms with E-state index in [1.54, 1.807) is 0 Å². The van der Waals surface area contributed by atoms with Gasteiger partial charge in [-0.2, -0.15) is 0 Å². The van der Waals surface area contributed by atoms with Crippen molar-refractivity contribution < 1.29 is 4.79 Å². The van der Waals surface area contributed by atoms with E-state index in [0.29, 0.717) is 6.42 Å². The maximum absolute atomic E-state index is 11.4. The number of ketones is 1. The normalized spacial score (nSPS) is 22.8. The third-order valence-corrected chi connectivity index (χ3v) is 3.66. The van der Waals surface area contributed by atoms with Crippen LogP contribution in [0.15, 0.2) is 11.0 Å². The first-order valence-corrected chi connectivity index (χ1v) is 5.46. The molecule has 0 aliphatic carbocycles. The van der Waals surface area contributed by atoms with Crippen LogP contribution in [-0.4, -0.2) is 10.5 Å². The van der Waals surface area contributed by atoms with Crippen molar-refractivity contribution in [3.63, 3.8) is 0 Å². The Morgan fingerprint density at radius 3 is 2.31 bits per heavy atom. The summed E-state index contributed by atoms with van der Waals surface area (Å²) in [7, 11) is 0. The lowest BCUT2D eigenvalue weighted by molar-refractivity contribution is -0.115. The van der Waals surface area contributed by atoms with E-state index < -0.39 is 0 Å². The standard InChI is InChI=1S/C11H18OS/c1-10(2,3)9-6-8(12)7-11(4,5)13-9/h6H,7H2,1-5H3. The van der Waals surface area contributed by atoms with Crippen molar-refractivity contribution in [1.29, 1.82) is 0 Å². The Balaban J connectivity index is 2.94. The van der Waals surface area contributed by atoms with Crippen LogP contribution in [0.2, 0.25) is 0 Å². The van der Waals surface area contributed by atoms with Gasteiger partial charge in [0, 0.05) is 11.2 Å². The van der Waals surface area contributed by atoms with E-state index in [2.05, 4.69) is 34.6 Å². The quantitative estimate of drug-likeness (QED) is 0.593. The van der Waals surface area contributed by atoms with Gasteiger partial charge in [0.15, 0.2) is 5.78 Å². The van der Waals surface area contributed by atoms with E-state index in [1.165, 1.54) is 4.91 Å². The summed E-state index contributed by atoms with van der Waals surface area (Å²) in [5, 5.41) is 0. The zero-order valence-corrected chi connectivity index (χ0v) is 9.92. The van der Waals surface area contributed by atoms with E-state index in [0.717, 1.165) is 0 Å². The molecule has 0 bridgehead atoms. The van der Waals surface area contributed by atoms with Gasteiger partial charge in [-0.15, -0.1) is 11.8 Å². The van der Waals surface area contributed by atoms with Gasteiger partial charge < -0.3 is 0 Å². The number of rotatable bonds is 0. The number of hydrogen-bond donors (Lipinski definition) is 0. The zero-order chi connectivity index (χ0) is 10.3. The molecule has 1 nitrogen and oxygen atoms in total. The summed E-state index contributed by atoms with van der Waals surface area (Å²) in [6.07, 6.45) is 2.48. The highest BCUT2D eigenvalue weighted by molar-refractivity contribution is 8.04. The molecule has 13 heavy (non-hydrogen) atoms. The second-order valence-corrected chi connectivity index (χ2v) is 7.01. The molecule has 0 aromatic carbocycles. The molecule has 74 valence electrons. The lowest BCUT2D eigenvalue weighted by Crippen LogP contribution is -2.26. The number of carbonyl (C=O) groups excluding carboxylic acids is 1. The van der Waals surface area contributed by atoms with E-state index in [-0.39, 0.29) is 15.9 Å². The molecule has 2 heteroatoms. The summed E-state index contributed by atoms with van der Waals surface area (Å²) in [6.45, 7) is 10.7. The average Bonchev–Trinajstić information content (AvgIpc) is 1.79. The van der Waals surface area contributed by atoms with Crippen LogP contribution in [-0.2, 0) is 4.79 Å². The highest BCUT2D eigenvalue weighted by Crippen LogP contribution is 2.46. The van der Waals surface area contributed by atoms with Crippen LogP contribution < -0.4 is 0 Å². The van der Waals surface area contributed by atoms with E-state index in [9.17, 15) is 4.79 Å². The predicted octanol–water partition coefficient (Wildman–Crippen LogP) is 3.40. The fraction of sp³-hybridized carbons (Fsp3) is 0.727. The summed E-state index contributed by atoms with van der Waals surface area (Å²) >= 11 is 1.84. The fourth-order valence-corrected chi connectivity index (χ4v) is 2.66. The molecule has 1 aliphatic heterocycles. The minimum atomic E-state index is 0.0778. The van der Waals surface area contributed by atoms with Gasteiger partial charge in [0.1, 0.15) is 0 Å². The third-order valence-electron chi connectivity index (χ3n) is 2.02. The van der Waals surface area contributed by atoms with Gasteiger partial charge in [0.05, 0.1) is 0 Å². The van der Waals surface area contributed by atoms with Crippen molar-refractivity contribution in [2.24, 2.45) is 5.41 Å². The highest BCUT2D eigenvalue weighted by atomic mass is 32.2. The Kier molecular flexibility index (Phi) is 2.63. The lowest BCUT2D eigenvalue weighted by Gasteiger charge is -2.34.